The Bertz CT molecular complexity index is 784. The summed E-state index contributed by atoms with van der Waals surface area (Å²) < 4.78 is 0. The maximum absolute atomic E-state index is 4.35. The lowest BCUT2D eigenvalue weighted by Gasteiger charge is -2.19. The molecule has 0 atom stereocenters. The maximum Gasteiger partial charge on any atom is 0.157 e. The van der Waals surface area contributed by atoms with Crippen molar-refractivity contribution >= 4 is 28.0 Å². The monoisotopic (exact) mass is 262 g/mol. The van der Waals surface area contributed by atoms with Gasteiger partial charge in [0.1, 0.15) is 12.0 Å². The fourth-order valence-corrected chi connectivity index (χ4v) is 2.72. The van der Waals surface area contributed by atoms with Gasteiger partial charge in [0.2, 0.25) is 0 Å². The molecule has 1 aliphatic heterocycles. The van der Waals surface area contributed by atoms with Crippen molar-refractivity contribution < 1.29 is 0 Å². The largest absolute Gasteiger partial charge is 0.340 e. The minimum atomic E-state index is 0.798. The highest BCUT2D eigenvalue weighted by Crippen LogP contribution is 2.38. The van der Waals surface area contributed by atoms with Crippen molar-refractivity contribution in [2.75, 3.05) is 23.5 Å². The van der Waals surface area contributed by atoms with Crippen molar-refractivity contribution in [1.29, 1.82) is 0 Å². The molecule has 0 amide bonds. The molecule has 2 heterocycles. The Kier molecular flexibility index (Phi) is 2.36. The summed E-state index contributed by atoms with van der Waals surface area (Å²) in [5.41, 5.74) is 2.23. The smallest absolute Gasteiger partial charge is 0.157 e. The first-order valence-electron chi connectivity index (χ1n) is 6.60. The topological polar surface area (TPSA) is 32.3 Å². The summed E-state index contributed by atoms with van der Waals surface area (Å²) in [6.45, 7) is 0.798. The molecular weight excluding hydrogens is 248 g/mol. The molecule has 20 heavy (non-hydrogen) atoms. The molecule has 0 aliphatic carbocycles. The average Bonchev–Trinajstić information content (AvgIpc) is 2.85. The second-order valence-electron chi connectivity index (χ2n) is 5.03. The fourth-order valence-electron chi connectivity index (χ4n) is 2.72. The zero-order valence-electron chi connectivity index (χ0n) is 11.2. The highest BCUT2D eigenvalue weighted by Gasteiger charge is 2.25. The molecule has 98 valence electrons. The zero-order valence-corrected chi connectivity index (χ0v) is 11.2. The van der Waals surface area contributed by atoms with Gasteiger partial charge >= 0.3 is 0 Å². The van der Waals surface area contributed by atoms with E-state index in [1.54, 1.807) is 6.33 Å². The van der Waals surface area contributed by atoms with Crippen LogP contribution < -0.4 is 9.80 Å². The van der Waals surface area contributed by atoms with Crippen LogP contribution in [0, 0.1) is 0 Å². The van der Waals surface area contributed by atoms with Crippen molar-refractivity contribution in [3.8, 4) is 0 Å². The van der Waals surface area contributed by atoms with Crippen LogP contribution in [-0.2, 0) is 0 Å². The van der Waals surface area contributed by atoms with E-state index in [2.05, 4.69) is 62.2 Å². The van der Waals surface area contributed by atoms with Crippen LogP contribution in [0.4, 0.5) is 17.2 Å². The molecule has 0 saturated heterocycles. The molecule has 1 aromatic heterocycles. The number of fused-ring (bicyclic) bond motifs is 2. The molecule has 0 spiro atoms. The number of hydrogen-bond acceptors (Lipinski definition) is 4. The summed E-state index contributed by atoms with van der Waals surface area (Å²) in [6, 6.07) is 14.9. The van der Waals surface area contributed by atoms with Crippen LogP contribution in [-0.4, -0.2) is 23.7 Å². The van der Waals surface area contributed by atoms with Crippen molar-refractivity contribution in [1.82, 2.24) is 9.97 Å². The van der Waals surface area contributed by atoms with Gasteiger partial charge < -0.3 is 9.80 Å². The van der Waals surface area contributed by atoms with E-state index in [-0.39, 0.29) is 0 Å². The first-order valence-corrected chi connectivity index (χ1v) is 6.60. The first-order chi connectivity index (χ1) is 9.83. The summed E-state index contributed by atoms with van der Waals surface area (Å²) in [6.07, 6.45) is 3.47. The van der Waals surface area contributed by atoms with Gasteiger partial charge in [-0.3, -0.25) is 0 Å². The van der Waals surface area contributed by atoms with Crippen molar-refractivity contribution in [2.24, 2.45) is 0 Å². The van der Waals surface area contributed by atoms with Gasteiger partial charge in [0, 0.05) is 12.7 Å². The first kappa shape index (κ1) is 11.2. The van der Waals surface area contributed by atoms with Crippen LogP contribution in [0.15, 0.2) is 55.0 Å². The molecule has 0 fully saturated rings. The summed E-state index contributed by atoms with van der Waals surface area (Å²) in [4.78, 5) is 12.9. The van der Waals surface area contributed by atoms with Gasteiger partial charge in [-0.2, -0.15) is 0 Å². The number of aromatic nitrogens is 2. The third kappa shape index (κ3) is 1.61. The van der Waals surface area contributed by atoms with E-state index < -0.39 is 0 Å². The van der Waals surface area contributed by atoms with Crippen molar-refractivity contribution in [2.45, 2.75) is 0 Å². The third-order valence-electron chi connectivity index (χ3n) is 3.72. The van der Waals surface area contributed by atoms with Crippen molar-refractivity contribution in [3.05, 3.63) is 55.0 Å². The summed E-state index contributed by atoms with van der Waals surface area (Å²) in [5, 5.41) is 2.51. The molecule has 3 aromatic rings. The van der Waals surface area contributed by atoms with Gasteiger partial charge in [0.25, 0.3) is 0 Å². The molecule has 4 rings (SSSR count). The number of hydrogen-bond donors (Lipinski definition) is 0. The lowest BCUT2D eigenvalue weighted by molar-refractivity contribution is 0.938. The van der Waals surface area contributed by atoms with Gasteiger partial charge in [-0.05, 0) is 22.9 Å². The predicted molar refractivity (Wildman–Crippen MR) is 81.4 cm³/mol. The van der Waals surface area contributed by atoms with Crippen molar-refractivity contribution in [3.63, 3.8) is 0 Å². The van der Waals surface area contributed by atoms with Gasteiger partial charge in [0.05, 0.1) is 12.9 Å². The van der Waals surface area contributed by atoms with E-state index in [0.717, 1.165) is 18.2 Å². The highest BCUT2D eigenvalue weighted by molar-refractivity contribution is 5.88. The van der Waals surface area contributed by atoms with E-state index in [9.17, 15) is 0 Å². The van der Waals surface area contributed by atoms with Gasteiger partial charge in [0.15, 0.2) is 5.82 Å². The Morgan fingerprint density at radius 1 is 1.05 bits per heavy atom. The van der Waals surface area contributed by atoms with E-state index >= 15 is 0 Å². The van der Waals surface area contributed by atoms with E-state index in [1.165, 1.54) is 16.5 Å². The summed E-state index contributed by atoms with van der Waals surface area (Å²) in [7, 11) is 2.05. The predicted octanol–water partition coefficient (Wildman–Crippen LogP) is 3.18. The van der Waals surface area contributed by atoms with Crippen LogP contribution in [0.3, 0.4) is 0 Å². The second kappa shape index (κ2) is 4.20. The molecule has 4 nitrogen and oxygen atoms in total. The second-order valence-corrected chi connectivity index (χ2v) is 5.03. The molecule has 1 aliphatic rings. The minimum Gasteiger partial charge on any atom is -0.340 e. The normalized spacial score (nSPS) is 13.8. The molecule has 0 saturated carbocycles. The Balaban J connectivity index is 1.84. The standard InChI is InChI=1S/C16H14N4/c1-19-11-20(15-9-17-10-18-16(15)19)14-7-6-12-4-2-3-5-13(12)8-14/h2-10H,11H2,1H3. The van der Waals surface area contributed by atoms with Gasteiger partial charge in [-0.15, -0.1) is 0 Å². The minimum absolute atomic E-state index is 0.798. The number of benzene rings is 2. The maximum atomic E-state index is 4.35. The SMILES string of the molecule is CN1CN(c2ccc3ccccc3c2)c2cncnc21. The molecule has 2 aromatic carbocycles. The lowest BCUT2D eigenvalue weighted by atomic mass is 10.1. The van der Waals surface area contributed by atoms with Crippen LogP contribution in [0.5, 0.6) is 0 Å². The fraction of sp³-hybridized carbons (Fsp3) is 0.125. The molecule has 0 unspecified atom stereocenters. The zero-order chi connectivity index (χ0) is 13.5. The van der Waals surface area contributed by atoms with E-state index in [0.29, 0.717) is 0 Å². The average molecular weight is 262 g/mol. The highest BCUT2D eigenvalue weighted by atomic mass is 15.4. The number of nitrogens with zero attached hydrogens (tertiary/aromatic N) is 4. The quantitative estimate of drug-likeness (QED) is 0.674. The van der Waals surface area contributed by atoms with Crippen LogP contribution in [0.25, 0.3) is 10.8 Å². The molecule has 4 heteroatoms. The molecule has 0 bridgehead atoms. The molecule has 0 radical (unpaired) electrons. The van der Waals surface area contributed by atoms with E-state index in [4.69, 9.17) is 0 Å². The summed E-state index contributed by atoms with van der Waals surface area (Å²) in [5.74, 6) is 0.980. The van der Waals surface area contributed by atoms with E-state index in [1.807, 2.05) is 13.2 Å². The Morgan fingerprint density at radius 3 is 2.80 bits per heavy atom. The van der Waals surface area contributed by atoms with Crippen LogP contribution in [0.2, 0.25) is 0 Å². The number of rotatable bonds is 1. The lowest BCUT2D eigenvalue weighted by Crippen LogP contribution is -2.24. The van der Waals surface area contributed by atoms with Gasteiger partial charge in [-0.1, -0.05) is 30.3 Å². The number of anilines is 3. The summed E-state index contributed by atoms with van der Waals surface area (Å²) >= 11 is 0. The van der Waals surface area contributed by atoms with Gasteiger partial charge in [-0.25, -0.2) is 9.97 Å². The Morgan fingerprint density at radius 2 is 1.90 bits per heavy atom. The van der Waals surface area contributed by atoms with Crippen LogP contribution in [0.1, 0.15) is 0 Å². The third-order valence-corrected chi connectivity index (χ3v) is 3.72. The molecule has 0 N–H and O–H groups in total. The van der Waals surface area contributed by atoms with Crippen LogP contribution >= 0.6 is 0 Å². The molecular formula is C16H14N4. The Hall–Kier alpha value is -2.62. The Labute approximate surface area is 117 Å².